The number of hydrogen-bond donors (Lipinski definition) is 1. The summed E-state index contributed by atoms with van der Waals surface area (Å²) in [6, 6.07) is 15.2. The molecule has 0 saturated carbocycles. The van der Waals surface area contributed by atoms with Crippen LogP contribution in [0, 0.1) is 18.8 Å². The Kier molecular flexibility index (Phi) is 6.75. The maximum atomic E-state index is 13.1. The molecule has 4 rings (SSSR count). The summed E-state index contributed by atoms with van der Waals surface area (Å²) in [5, 5.41) is 4.19. The smallest absolute Gasteiger partial charge is 0.344 e. The third-order valence-electron chi connectivity index (χ3n) is 6.27. The van der Waals surface area contributed by atoms with Gasteiger partial charge >= 0.3 is 5.63 Å². The first-order valence-corrected chi connectivity index (χ1v) is 11.6. The van der Waals surface area contributed by atoms with Crippen LogP contribution < -0.4 is 10.9 Å². The number of benzene rings is 2. The molecule has 1 aliphatic rings. The van der Waals surface area contributed by atoms with E-state index in [2.05, 4.69) is 24.1 Å². The van der Waals surface area contributed by atoms with Gasteiger partial charge in [-0.25, -0.2) is 4.79 Å². The molecule has 0 aliphatic carbocycles. The van der Waals surface area contributed by atoms with Crippen molar-refractivity contribution in [3.63, 3.8) is 0 Å². The number of nitrogens with one attached hydrogen (secondary N) is 1. The SMILES string of the molecule is Cc1ccc(-c2c(C(=O)NCCCN3CC(C)CC(C)C3)oc(=O)c3ccccc23)cc1. The Labute approximate surface area is 189 Å². The molecule has 1 aromatic heterocycles. The second kappa shape index (κ2) is 9.70. The van der Waals surface area contributed by atoms with Crippen LogP contribution >= 0.6 is 0 Å². The molecule has 168 valence electrons. The third kappa shape index (κ3) is 4.94. The maximum Gasteiger partial charge on any atom is 0.344 e. The Bertz CT molecular complexity index is 1140. The lowest BCUT2D eigenvalue weighted by Gasteiger charge is -2.34. The van der Waals surface area contributed by atoms with Gasteiger partial charge in [0.1, 0.15) is 0 Å². The van der Waals surface area contributed by atoms with Gasteiger partial charge in [-0.05, 0) is 49.8 Å². The van der Waals surface area contributed by atoms with E-state index in [1.807, 2.05) is 43.3 Å². The van der Waals surface area contributed by atoms with Crippen molar-refractivity contribution in [2.45, 2.75) is 33.6 Å². The van der Waals surface area contributed by atoms with Crippen molar-refractivity contribution < 1.29 is 9.21 Å². The van der Waals surface area contributed by atoms with Gasteiger partial charge in [0.05, 0.1) is 5.39 Å². The van der Waals surface area contributed by atoms with Crippen LogP contribution in [0.5, 0.6) is 0 Å². The maximum absolute atomic E-state index is 13.1. The molecular formula is C27H32N2O3. The van der Waals surface area contributed by atoms with Gasteiger partial charge in [0, 0.05) is 30.6 Å². The number of nitrogens with zero attached hydrogens (tertiary/aromatic N) is 1. The molecule has 1 amide bonds. The molecule has 2 unspecified atom stereocenters. The van der Waals surface area contributed by atoms with Crippen molar-refractivity contribution in [1.82, 2.24) is 10.2 Å². The van der Waals surface area contributed by atoms with Crippen LogP contribution in [0.2, 0.25) is 0 Å². The number of fused-ring (bicyclic) bond motifs is 1. The first-order chi connectivity index (χ1) is 15.4. The predicted molar refractivity (Wildman–Crippen MR) is 129 cm³/mol. The van der Waals surface area contributed by atoms with Crippen molar-refractivity contribution >= 4 is 16.7 Å². The number of rotatable bonds is 6. The molecule has 1 fully saturated rings. The molecule has 2 atom stereocenters. The molecule has 3 aromatic rings. The molecule has 1 aliphatic heterocycles. The normalized spacial score (nSPS) is 19.2. The van der Waals surface area contributed by atoms with Gasteiger partial charge in [0.15, 0.2) is 0 Å². The van der Waals surface area contributed by atoms with E-state index >= 15 is 0 Å². The van der Waals surface area contributed by atoms with E-state index in [1.165, 1.54) is 6.42 Å². The summed E-state index contributed by atoms with van der Waals surface area (Å²) in [5.74, 6) is 1.18. The lowest BCUT2D eigenvalue weighted by molar-refractivity contribution is 0.0917. The minimum Gasteiger partial charge on any atom is -0.416 e. The lowest BCUT2D eigenvalue weighted by atomic mass is 9.92. The van der Waals surface area contributed by atoms with Crippen LogP contribution in [0.3, 0.4) is 0 Å². The summed E-state index contributed by atoms with van der Waals surface area (Å²) in [6.07, 6.45) is 2.15. The molecular weight excluding hydrogens is 400 g/mol. The first kappa shape index (κ1) is 22.3. The average molecular weight is 433 g/mol. The van der Waals surface area contributed by atoms with Crippen molar-refractivity contribution in [1.29, 1.82) is 0 Å². The fourth-order valence-corrected chi connectivity index (χ4v) is 4.93. The Hall–Kier alpha value is -2.92. The lowest BCUT2D eigenvalue weighted by Crippen LogP contribution is -2.40. The standard InChI is InChI=1S/C27H32N2O3/c1-18-9-11-21(12-10-18)24-22-7-4-5-8-23(22)27(31)32-25(24)26(30)28-13-6-14-29-16-19(2)15-20(3)17-29/h4-5,7-12,19-20H,6,13-17H2,1-3H3,(H,28,30). The third-order valence-corrected chi connectivity index (χ3v) is 6.27. The van der Waals surface area contributed by atoms with Crippen LogP contribution in [-0.4, -0.2) is 37.0 Å². The molecule has 2 heterocycles. The Morgan fingerprint density at radius 3 is 2.38 bits per heavy atom. The minimum absolute atomic E-state index is 0.0813. The molecule has 1 N–H and O–H groups in total. The molecule has 0 bridgehead atoms. The molecule has 2 aromatic carbocycles. The number of likely N-dealkylation sites (tertiary alicyclic amines) is 1. The fraction of sp³-hybridized carbons (Fsp3) is 0.407. The average Bonchev–Trinajstić information content (AvgIpc) is 2.77. The highest BCUT2D eigenvalue weighted by molar-refractivity contribution is 6.07. The van der Waals surface area contributed by atoms with Gasteiger partial charge in [-0.3, -0.25) is 4.79 Å². The number of piperidine rings is 1. The van der Waals surface area contributed by atoms with E-state index in [4.69, 9.17) is 4.42 Å². The van der Waals surface area contributed by atoms with E-state index in [0.717, 1.165) is 54.4 Å². The topological polar surface area (TPSA) is 62.6 Å². The van der Waals surface area contributed by atoms with Crippen molar-refractivity contribution in [2.75, 3.05) is 26.2 Å². The first-order valence-electron chi connectivity index (χ1n) is 11.6. The number of carbonyl (C=O) groups is 1. The quantitative estimate of drug-likeness (QED) is 0.565. The van der Waals surface area contributed by atoms with Crippen molar-refractivity contribution in [3.05, 3.63) is 70.3 Å². The molecule has 5 nitrogen and oxygen atoms in total. The summed E-state index contributed by atoms with van der Waals surface area (Å²) >= 11 is 0. The second-order valence-corrected chi connectivity index (χ2v) is 9.32. The summed E-state index contributed by atoms with van der Waals surface area (Å²) in [6.45, 7) is 10.4. The van der Waals surface area contributed by atoms with E-state index in [9.17, 15) is 9.59 Å². The number of aryl methyl sites for hydroxylation is 1. The van der Waals surface area contributed by atoms with Gasteiger partial charge in [-0.2, -0.15) is 0 Å². The monoisotopic (exact) mass is 432 g/mol. The van der Waals surface area contributed by atoms with Gasteiger partial charge in [-0.1, -0.05) is 61.9 Å². The molecule has 5 heteroatoms. The van der Waals surface area contributed by atoms with Gasteiger partial charge < -0.3 is 14.6 Å². The predicted octanol–water partition coefficient (Wildman–Crippen LogP) is 4.87. The summed E-state index contributed by atoms with van der Waals surface area (Å²) in [7, 11) is 0. The van der Waals surface area contributed by atoms with Crippen LogP contribution in [-0.2, 0) is 0 Å². The number of hydrogen-bond acceptors (Lipinski definition) is 4. The zero-order chi connectivity index (χ0) is 22.7. The molecule has 32 heavy (non-hydrogen) atoms. The van der Waals surface area contributed by atoms with Crippen LogP contribution in [0.25, 0.3) is 21.9 Å². The molecule has 1 saturated heterocycles. The largest absolute Gasteiger partial charge is 0.416 e. The van der Waals surface area contributed by atoms with E-state index < -0.39 is 5.63 Å². The van der Waals surface area contributed by atoms with E-state index in [1.54, 1.807) is 12.1 Å². The number of carbonyl (C=O) groups excluding carboxylic acids is 1. The van der Waals surface area contributed by atoms with Gasteiger partial charge in [-0.15, -0.1) is 0 Å². The zero-order valence-corrected chi connectivity index (χ0v) is 19.2. The second-order valence-electron chi connectivity index (χ2n) is 9.32. The van der Waals surface area contributed by atoms with Gasteiger partial charge in [0.25, 0.3) is 5.91 Å². The van der Waals surface area contributed by atoms with E-state index in [-0.39, 0.29) is 11.7 Å². The van der Waals surface area contributed by atoms with E-state index in [0.29, 0.717) is 17.5 Å². The minimum atomic E-state index is -0.488. The van der Waals surface area contributed by atoms with Crippen molar-refractivity contribution in [3.8, 4) is 11.1 Å². The molecule has 0 radical (unpaired) electrons. The highest BCUT2D eigenvalue weighted by Gasteiger charge is 2.23. The van der Waals surface area contributed by atoms with Crippen LogP contribution in [0.1, 0.15) is 42.8 Å². The van der Waals surface area contributed by atoms with Crippen LogP contribution in [0.4, 0.5) is 0 Å². The highest BCUT2D eigenvalue weighted by atomic mass is 16.4. The Balaban J connectivity index is 1.54. The summed E-state index contributed by atoms with van der Waals surface area (Å²) < 4.78 is 5.57. The Morgan fingerprint density at radius 2 is 1.69 bits per heavy atom. The molecule has 0 spiro atoms. The summed E-state index contributed by atoms with van der Waals surface area (Å²) in [4.78, 5) is 28.2. The van der Waals surface area contributed by atoms with Crippen molar-refractivity contribution in [2.24, 2.45) is 11.8 Å². The number of amides is 1. The highest BCUT2D eigenvalue weighted by Crippen LogP contribution is 2.31. The summed E-state index contributed by atoms with van der Waals surface area (Å²) in [5.41, 5.74) is 2.16. The fourth-order valence-electron chi connectivity index (χ4n) is 4.93. The zero-order valence-electron chi connectivity index (χ0n) is 19.2. The van der Waals surface area contributed by atoms with Gasteiger partial charge in [0.2, 0.25) is 5.76 Å². The Morgan fingerprint density at radius 1 is 1.03 bits per heavy atom. The van der Waals surface area contributed by atoms with Crippen LogP contribution in [0.15, 0.2) is 57.7 Å².